The predicted molar refractivity (Wildman–Crippen MR) is 68.9 cm³/mol. The molecule has 1 rings (SSSR count). The number of ether oxygens (including phenoxy) is 2. The van der Waals surface area contributed by atoms with Gasteiger partial charge in [-0.1, -0.05) is 24.3 Å². The highest BCUT2D eigenvalue weighted by Crippen LogP contribution is 2.09. The molecule has 0 bridgehead atoms. The van der Waals surface area contributed by atoms with Crippen LogP contribution >= 0.6 is 0 Å². The lowest BCUT2D eigenvalue weighted by atomic mass is 10.1. The van der Waals surface area contributed by atoms with Crippen molar-refractivity contribution in [3.05, 3.63) is 35.4 Å². The normalized spacial score (nSPS) is 12.2. The molecule has 5 nitrogen and oxygen atoms in total. The molecule has 1 unspecified atom stereocenters. The molecule has 0 aliphatic rings. The second kappa shape index (κ2) is 7.81. The molecule has 0 saturated carbocycles. The number of hydrogen-bond acceptors (Lipinski definition) is 4. The van der Waals surface area contributed by atoms with Crippen molar-refractivity contribution in [3.63, 3.8) is 0 Å². The zero-order valence-corrected chi connectivity index (χ0v) is 10.8. The van der Waals surface area contributed by atoms with Crippen LogP contribution < -0.4 is 11.1 Å². The van der Waals surface area contributed by atoms with Crippen LogP contribution in [-0.2, 0) is 27.4 Å². The van der Waals surface area contributed by atoms with Gasteiger partial charge < -0.3 is 20.5 Å². The van der Waals surface area contributed by atoms with Gasteiger partial charge in [-0.05, 0) is 11.1 Å². The number of nitrogens with two attached hydrogens (primary N) is 1. The van der Waals surface area contributed by atoms with Crippen LogP contribution in [0.15, 0.2) is 24.3 Å². The van der Waals surface area contributed by atoms with E-state index >= 15 is 0 Å². The lowest BCUT2D eigenvalue weighted by molar-refractivity contribution is -0.130. The largest absolute Gasteiger partial charge is 0.380 e. The fourth-order valence-corrected chi connectivity index (χ4v) is 1.63. The monoisotopic (exact) mass is 252 g/mol. The topological polar surface area (TPSA) is 73.6 Å². The summed E-state index contributed by atoms with van der Waals surface area (Å²) in [5.41, 5.74) is 7.51. The average Bonchev–Trinajstić information content (AvgIpc) is 2.39. The first kappa shape index (κ1) is 14.6. The molecule has 0 aromatic heterocycles. The van der Waals surface area contributed by atoms with Gasteiger partial charge in [0.05, 0.1) is 6.61 Å². The van der Waals surface area contributed by atoms with Crippen LogP contribution in [0.5, 0.6) is 0 Å². The number of rotatable bonds is 7. The minimum absolute atomic E-state index is 0.169. The van der Waals surface area contributed by atoms with Gasteiger partial charge in [0, 0.05) is 27.3 Å². The van der Waals surface area contributed by atoms with Crippen LogP contribution in [0.4, 0.5) is 0 Å². The zero-order valence-electron chi connectivity index (χ0n) is 10.8. The van der Waals surface area contributed by atoms with Gasteiger partial charge in [0.2, 0.25) is 0 Å². The maximum absolute atomic E-state index is 11.7. The standard InChI is InChI=1S/C13H20N2O3/c1-17-9-11-6-4-3-5-10(11)8-15-13(16)12(7-14)18-2/h3-6,12H,7-9,14H2,1-2H3,(H,15,16). The van der Waals surface area contributed by atoms with Gasteiger partial charge in [0.25, 0.3) is 5.91 Å². The first-order valence-electron chi connectivity index (χ1n) is 5.79. The SMILES string of the molecule is COCc1ccccc1CNC(=O)C(CN)OC. The van der Waals surface area contributed by atoms with Crippen molar-refractivity contribution in [2.24, 2.45) is 5.73 Å². The summed E-state index contributed by atoms with van der Waals surface area (Å²) in [7, 11) is 3.11. The number of methoxy groups -OCH3 is 2. The van der Waals surface area contributed by atoms with Crippen LogP contribution in [0.3, 0.4) is 0 Å². The van der Waals surface area contributed by atoms with Crippen molar-refractivity contribution < 1.29 is 14.3 Å². The molecule has 5 heteroatoms. The van der Waals surface area contributed by atoms with Gasteiger partial charge >= 0.3 is 0 Å². The molecule has 0 spiro atoms. The van der Waals surface area contributed by atoms with E-state index in [2.05, 4.69) is 5.32 Å². The van der Waals surface area contributed by atoms with Crippen LogP contribution in [0, 0.1) is 0 Å². The van der Waals surface area contributed by atoms with Crippen molar-refractivity contribution in [3.8, 4) is 0 Å². The van der Waals surface area contributed by atoms with Crippen molar-refractivity contribution in [2.45, 2.75) is 19.3 Å². The van der Waals surface area contributed by atoms with Crippen molar-refractivity contribution in [1.82, 2.24) is 5.32 Å². The van der Waals surface area contributed by atoms with Gasteiger partial charge in [0.1, 0.15) is 6.10 Å². The minimum atomic E-state index is -0.598. The molecule has 0 fully saturated rings. The Bertz CT molecular complexity index is 378. The summed E-state index contributed by atoms with van der Waals surface area (Å²) < 4.78 is 10.1. The highest BCUT2D eigenvalue weighted by atomic mass is 16.5. The van der Waals surface area contributed by atoms with E-state index in [-0.39, 0.29) is 12.5 Å². The quantitative estimate of drug-likeness (QED) is 0.737. The Balaban J connectivity index is 2.60. The summed E-state index contributed by atoms with van der Waals surface area (Å²) in [6.45, 7) is 1.14. The van der Waals surface area contributed by atoms with E-state index < -0.39 is 6.10 Å². The van der Waals surface area contributed by atoms with Gasteiger partial charge in [-0.15, -0.1) is 0 Å². The van der Waals surface area contributed by atoms with E-state index in [0.717, 1.165) is 11.1 Å². The van der Waals surface area contributed by atoms with Crippen molar-refractivity contribution >= 4 is 5.91 Å². The first-order chi connectivity index (χ1) is 8.72. The number of benzene rings is 1. The Morgan fingerprint density at radius 3 is 2.56 bits per heavy atom. The third-order valence-corrected chi connectivity index (χ3v) is 2.66. The van der Waals surface area contributed by atoms with E-state index in [1.807, 2.05) is 24.3 Å². The molecule has 18 heavy (non-hydrogen) atoms. The first-order valence-corrected chi connectivity index (χ1v) is 5.79. The lowest BCUT2D eigenvalue weighted by Gasteiger charge is -2.14. The Hall–Kier alpha value is -1.43. The molecule has 100 valence electrons. The van der Waals surface area contributed by atoms with Gasteiger partial charge in [-0.25, -0.2) is 0 Å². The third-order valence-electron chi connectivity index (χ3n) is 2.66. The van der Waals surface area contributed by atoms with E-state index in [0.29, 0.717) is 13.2 Å². The van der Waals surface area contributed by atoms with E-state index in [1.165, 1.54) is 7.11 Å². The van der Waals surface area contributed by atoms with Crippen LogP contribution in [-0.4, -0.2) is 32.8 Å². The zero-order chi connectivity index (χ0) is 13.4. The summed E-state index contributed by atoms with van der Waals surface area (Å²) in [4.78, 5) is 11.7. The third kappa shape index (κ3) is 4.10. The summed E-state index contributed by atoms with van der Waals surface area (Å²) in [6.07, 6.45) is -0.598. The number of hydrogen-bond donors (Lipinski definition) is 2. The Morgan fingerprint density at radius 1 is 1.33 bits per heavy atom. The van der Waals surface area contributed by atoms with E-state index in [9.17, 15) is 4.79 Å². The molecule has 1 amide bonds. The van der Waals surface area contributed by atoms with E-state index in [1.54, 1.807) is 7.11 Å². The highest BCUT2D eigenvalue weighted by Gasteiger charge is 2.15. The number of amides is 1. The van der Waals surface area contributed by atoms with Crippen LogP contribution in [0.25, 0.3) is 0 Å². The molecule has 1 aromatic carbocycles. The fourth-order valence-electron chi connectivity index (χ4n) is 1.63. The Labute approximate surface area is 107 Å². The predicted octanol–water partition coefficient (Wildman–Crippen LogP) is 0.423. The summed E-state index contributed by atoms with van der Waals surface area (Å²) in [5.74, 6) is -0.202. The maximum atomic E-state index is 11.7. The minimum Gasteiger partial charge on any atom is -0.380 e. The van der Waals surface area contributed by atoms with Crippen molar-refractivity contribution in [2.75, 3.05) is 20.8 Å². The van der Waals surface area contributed by atoms with Gasteiger partial charge in [-0.3, -0.25) is 4.79 Å². The average molecular weight is 252 g/mol. The molecule has 0 heterocycles. The molecule has 0 radical (unpaired) electrons. The number of nitrogens with one attached hydrogen (secondary N) is 1. The van der Waals surface area contributed by atoms with Gasteiger partial charge in [-0.2, -0.15) is 0 Å². The van der Waals surface area contributed by atoms with Crippen molar-refractivity contribution in [1.29, 1.82) is 0 Å². The fraction of sp³-hybridized carbons (Fsp3) is 0.462. The van der Waals surface area contributed by atoms with Crippen LogP contribution in [0.2, 0.25) is 0 Å². The second-order valence-corrected chi connectivity index (χ2v) is 3.88. The Morgan fingerprint density at radius 2 is 2.00 bits per heavy atom. The number of carbonyl (C=O) groups is 1. The molecule has 0 aliphatic carbocycles. The molecule has 3 N–H and O–H groups in total. The smallest absolute Gasteiger partial charge is 0.250 e. The molecule has 0 aliphatic heterocycles. The molecular weight excluding hydrogens is 232 g/mol. The molecule has 1 aromatic rings. The maximum Gasteiger partial charge on any atom is 0.250 e. The summed E-state index contributed by atoms with van der Waals surface area (Å²) in [5, 5.41) is 2.80. The molecule has 1 atom stereocenters. The summed E-state index contributed by atoms with van der Waals surface area (Å²) in [6, 6.07) is 7.80. The Kier molecular flexibility index (Phi) is 6.35. The van der Waals surface area contributed by atoms with Crippen LogP contribution in [0.1, 0.15) is 11.1 Å². The second-order valence-electron chi connectivity index (χ2n) is 3.88. The molecular formula is C13H20N2O3. The van der Waals surface area contributed by atoms with Gasteiger partial charge in [0.15, 0.2) is 0 Å². The number of carbonyl (C=O) groups excluding carboxylic acids is 1. The summed E-state index contributed by atoms with van der Waals surface area (Å²) >= 11 is 0. The molecule has 0 saturated heterocycles. The van der Waals surface area contributed by atoms with E-state index in [4.69, 9.17) is 15.2 Å². The highest BCUT2D eigenvalue weighted by molar-refractivity contribution is 5.81. The lowest BCUT2D eigenvalue weighted by Crippen LogP contribution is -2.40.